The Hall–Kier alpha value is -0.600. The van der Waals surface area contributed by atoms with E-state index in [-0.39, 0.29) is 11.5 Å². The summed E-state index contributed by atoms with van der Waals surface area (Å²) in [6, 6.07) is 0. The van der Waals surface area contributed by atoms with E-state index in [0.29, 0.717) is 0 Å². The first-order chi connectivity index (χ1) is 6.83. The van der Waals surface area contributed by atoms with Gasteiger partial charge in [0.1, 0.15) is 0 Å². The second-order valence-electron chi connectivity index (χ2n) is 5.24. The number of aliphatic hydroxyl groups excluding tert-OH is 2. The molecule has 86 valence electrons. The average molecular weight is 210 g/mol. The van der Waals surface area contributed by atoms with Gasteiger partial charge >= 0.3 is 0 Å². The van der Waals surface area contributed by atoms with Gasteiger partial charge in [0.2, 0.25) is 0 Å². The van der Waals surface area contributed by atoms with E-state index in [1.54, 1.807) is 13.0 Å². The van der Waals surface area contributed by atoms with Gasteiger partial charge in [-0.25, -0.2) is 0 Å². The molecular formula is C13H22O2. The predicted octanol–water partition coefficient (Wildman–Crippen LogP) is 2.42. The lowest BCUT2D eigenvalue weighted by atomic mass is 9.71. The summed E-state index contributed by atoms with van der Waals surface area (Å²) in [6.45, 7) is 8.09. The lowest BCUT2D eigenvalue weighted by Gasteiger charge is -2.35. The van der Waals surface area contributed by atoms with Crippen molar-refractivity contribution >= 4 is 0 Å². The van der Waals surface area contributed by atoms with Crippen LogP contribution in [0.2, 0.25) is 0 Å². The Morgan fingerprint density at radius 3 is 2.53 bits per heavy atom. The van der Waals surface area contributed by atoms with Crippen molar-refractivity contribution in [1.29, 1.82) is 0 Å². The summed E-state index contributed by atoms with van der Waals surface area (Å²) >= 11 is 0. The molecule has 0 saturated carbocycles. The maximum Gasteiger partial charge on any atom is 0.0695 e. The number of aliphatic hydroxyl groups is 2. The number of rotatable bonds is 2. The van der Waals surface area contributed by atoms with Crippen molar-refractivity contribution in [2.75, 3.05) is 0 Å². The van der Waals surface area contributed by atoms with Crippen LogP contribution in [0.3, 0.4) is 0 Å². The zero-order valence-corrected chi connectivity index (χ0v) is 10.1. The zero-order chi connectivity index (χ0) is 11.6. The lowest BCUT2D eigenvalue weighted by Crippen LogP contribution is -2.28. The molecule has 2 N–H and O–H groups in total. The van der Waals surface area contributed by atoms with E-state index < -0.39 is 6.10 Å². The van der Waals surface area contributed by atoms with Crippen LogP contribution >= 0.6 is 0 Å². The van der Waals surface area contributed by atoms with Crippen LogP contribution in [-0.4, -0.2) is 22.4 Å². The van der Waals surface area contributed by atoms with Gasteiger partial charge in [0.25, 0.3) is 0 Å². The van der Waals surface area contributed by atoms with Gasteiger partial charge in [-0.2, -0.15) is 0 Å². The van der Waals surface area contributed by atoms with Crippen LogP contribution in [0, 0.1) is 5.41 Å². The van der Waals surface area contributed by atoms with E-state index in [1.165, 1.54) is 11.1 Å². The van der Waals surface area contributed by atoms with Crippen LogP contribution in [0.15, 0.2) is 23.3 Å². The van der Waals surface area contributed by atoms with E-state index in [2.05, 4.69) is 20.8 Å². The molecule has 0 aromatic heterocycles. The van der Waals surface area contributed by atoms with Crippen LogP contribution < -0.4 is 0 Å². The van der Waals surface area contributed by atoms with Crippen LogP contribution in [0.4, 0.5) is 0 Å². The Morgan fingerprint density at radius 1 is 1.47 bits per heavy atom. The first-order valence-corrected chi connectivity index (χ1v) is 5.57. The molecule has 15 heavy (non-hydrogen) atoms. The van der Waals surface area contributed by atoms with Gasteiger partial charge in [-0.15, -0.1) is 0 Å². The summed E-state index contributed by atoms with van der Waals surface area (Å²) in [6.07, 6.45) is 4.73. The number of hydrogen-bond donors (Lipinski definition) is 2. The molecule has 0 saturated heterocycles. The van der Waals surface area contributed by atoms with Gasteiger partial charge in [-0.05, 0) is 37.7 Å². The highest BCUT2D eigenvalue weighted by molar-refractivity contribution is 5.33. The molecule has 0 spiro atoms. The Labute approximate surface area is 92.3 Å². The van der Waals surface area contributed by atoms with Crippen LogP contribution in [0.1, 0.15) is 40.5 Å². The molecule has 0 amide bonds. The topological polar surface area (TPSA) is 40.5 Å². The summed E-state index contributed by atoms with van der Waals surface area (Å²) in [5, 5.41) is 18.9. The fourth-order valence-electron chi connectivity index (χ4n) is 2.42. The smallest absolute Gasteiger partial charge is 0.0695 e. The SMILES string of the molecule is CC1=C(C=CC(C)O)C(C)(C)C[C@H](O)C1. The Kier molecular flexibility index (Phi) is 3.74. The molecule has 1 unspecified atom stereocenters. The van der Waals surface area contributed by atoms with Crippen molar-refractivity contribution in [3.63, 3.8) is 0 Å². The van der Waals surface area contributed by atoms with Gasteiger partial charge in [-0.1, -0.05) is 31.6 Å². The molecule has 0 bridgehead atoms. The minimum atomic E-state index is -0.409. The minimum absolute atomic E-state index is 0.00708. The van der Waals surface area contributed by atoms with Gasteiger partial charge in [0.05, 0.1) is 12.2 Å². The summed E-state index contributed by atoms with van der Waals surface area (Å²) in [5.74, 6) is 0. The third-order valence-electron chi connectivity index (χ3n) is 3.02. The van der Waals surface area contributed by atoms with Crippen molar-refractivity contribution in [2.45, 2.75) is 52.7 Å². The third-order valence-corrected chi connectivity index (χ3v) is 3.02. The molecule has 0 aliphatic heterocycles. The summed E-state index contributed by atoms with van der Waals surface area (Å²) < 4.78 is 0. The molecule has 0 fully saturated rings. The average Bonchev–Trinajstić information content (AvgIpc) is 1.98. The summed E-state index contributed by atoms with van der Waals surface area (Å²) in [4.78, 5) is 0. The molecule has 2 atom stereocenters. The van der Waals surface area contributed by atoms with Gasteiger partial charge < -0.3 is 10.2 Å². The first kappa shape index (κ1) is 12.5. The predicted molar refractivity (Wildman–Crippen MR) is 62.5 cm³/mol. The fraction of sp³-hybridized carbons (Fsp3) is 0.692. The molecule has 0 aromatic rings. The fourth-order valence-corrected chi connectivity index (χ4v) is 2.42. The van der Waals surface area contributed by atoms with Gasteiger partial charge in [0.15, 0.2) is 0 Å². The minimum Gasteiger partial charge on any atom is -0.393 e. The van der Waals surface area contributed by atoms with Crippen LogP contribution in [-0.2, 0) is 0 Å². The normalized spacial score (nSPS) is 28.5. The summed E-state index contributed by atoms with van der Waals surface area (Å²) in [5.41, 5.74) is 2.50. The maximum atomic E-state index is 9.70. The number of hydrogen-bond acceptors (Lipinski definition) is 2. The van der Waals surface area contributed by atoms with E-state index in [4.69, 9.17) is 0 Å². The van der Waals surface area contributed by atoms with Gasteiger partial charge in [-0.3, -0.25) is 0 Å². The standard InChI is InChI=1S/C13H22O2/c1-9-7-11(15)8-13(3,4)12(9)6-5-10(2)14/h5-6,10-11,14-15H,7-8H2,1-4H3/t10?,11-/m1/s1. The molecule has 1 aliphatic carbocycles. The molecular weight excluding hydrogens is 188 g/mol. The molecule has 0 aromatic carbocycles. The van der Waals surface area contributed by atoms with Gasteiger partial charge in [0, 0.05) is 0 Å². The van der Waals surface area contributed by atoms with Crippen molar-refractivity contribution in [3.05, 3.63) is 23.3 Å². The lowest BCUT2D eigenvalue weighted by molar-refractivity contribution is 0.116. The molecule has 2 heteroatoms. The molecule has 2 nitrogen and oxygen atoms in total. The second-order valence-corrected chi connectivity index (χ2v) is 5.24. The highest BCUT2D eigenvalue weighted by Gasteiger charge is 2.31. The summed E-state index contributed by atoms with van der Waals surface area (Å²) in [7, 11) is 0. The van der Waals surface area contributed by atoms with E-state index in [1.807, 2.05) is 6.08 Å². The van der Waals surface area contributed by atoms with Crippen molar-refractivity contribution in [1.82, 2.24) is 0 Å². The Balaban J connectivity index is 2.96. The van der Waals surface area contributed by atoms with Crippen molar-refractivity contribution in [3.8, 4) is 0 Å². The van der Waals surface area contributed by atoms with Crippen molar-refractivity contribution in [2.24, 2.45) is 5.41 Å². The number of allylic oxidation sites excluding steroid dienone is 2. The van der Waals surface area contributed by atoms with E-state index in [9.17, 15) is 10.2 Å². The van der Waals surface area contributed by atoms with Crippen LogP contribution in [0.25, 0.3) is 0 Å². The molecule has 0 radical (unpaired) electrons. The molecule has 0 heterocycles. The third kappa shape index (κ3) is 3.18. The van der Waals surface area contributed by atoms with Crippen molar-refractivity contribution < 1.29 is 10.2 Å². The Bertz CT molecular complexity index is 285. The monoisotopic (exact) mass is 210 g/mol. The largest absolute Gasteiger partial charge is 0.393 e. The second kappa shape index (κ2) is 4.50. The quantitative estimate of drug-likeness (QED) is 0.735. The first-order valence-electron chi connectivity index (χ1n) is 5.57. The van der Waals surface area contributed by atoms with Crippen LogP contribution in [0.5, 0.6) is 0 Å². The molecule has 1 rings (SSSR count). The highest BCUT2D eigenvalue weighted by Crippen LogP contribution is 2.40. The van der Waals surface area contributed by atoms with E-state index in [0.717, 1.165) is 12.8 Å². The Morgan fingerprint density at radius 2 is 2.07 bits per heavy atom. The molecule has 1 aliphatic rings. The zero-order valence-electron chi connectivity index (χ0n) is 10.1. The van der Waals surface area contributed by atoms with E-state index >= 15 is 0 Å². The highest BCUT2D eigenvalue weighted by atomic mass is 16.3. The maximum absolute atomic E-state index is 9.70.